The van der Waals surface area contributed by atoms with Crippen LogP contribution in [0.4, 0.5) is 0 Å². The van der Waals surface area contributed by atoms with Gasteiger partial charge < -0.3 is 15.4 Å². The van der Waals surface area contributed by atoms with Crippen molar-refractivity contribution in [1.82, 2.24) is 15.6 Å². The summed E-state index contributed by atoms with van der Waals surface area (Å²) in [5.41, 5.74) is 1.01. The number of guanidine groups is 1. The van der Waals surface area contributed by atoms with Crippen LogP contribution in [0.2, 0.25) is 0 Å². The van der Waals surface area contributed by atoms with E-state index in [1.54, 1.807) is 20.4 Å². The van der Waals surface area contributed by atoms with Crippen LogP contribution >= 0.6 is 0 Å². The predicted octanol–water partition coefficient (Wildman–Crippen LogP) is 1.17. The second-order valence-corrected chi connectivity index (χ2v) is 3.52. The maximum atomic E-state index is 5.18. The Morgan fingerprint density at radius 2 is 2.29 bits per heavy atom. The van der Waals surface area contributed by atoms with Crippen LogP contribution in [0, 0.1) is 0 Å². The normalized spacial score (nSPS) is 11.1. The molecule has 0 unspecified atom stereocenters. The van der Waals surface area contributed by atoms with Crippen LogP contribution in [0.5, 0.6) is 5.88 Å². The van der Waals surface area contributed by atoms with Gasteiger partial charge in [0, 0.05) is 31.9 Å². The number of nitrogens with one attached hydrogen (secondary N) is 2. The Kier molecular flexibility index (Phi) is 5.85. The number of aliphatic imine (C=N–C) groups is 1. The van der Waals surface area contributed by atoms with E-state index in [0.717, 1.165) is 24.5 Å². The standard InChI is InChI=1S/C12H20N4O/c1-4-7-15-12(13-2)16-9-10-6-5-8-14-11(10)17-3/h5-6,8H,4,7,9H2,1-3H3,(H2,13,15,16). The summed E-state index contributed by atoms with van der Waals surface area (Å²) in [5, 5.41) is 6.42. The predicted molar refractivity (Wildman–Crippen MR) is 69.3 cm³/mol. The lowest BCUT2D eigenvalue weighted by Gasteiger charge is -2.12. The van der Waals surface area contributed by atoms with Gasteiger partial charge in [0.2, 0.25) is 5.88 Å². The maximum absolute atomic E-state index is 5.18. The van der Waals surface area contributed by atoms with Crippen LogP contribution in [0.1, 0.15) is 18.9 Å². The van der Waals surface area contributed by atoms with E-state index in [2.05, 4.69) is 27.5 Å². The molecule has 0 aliphatic heterocycles. The summed E-state index contributed by atoms with van der Waals surface area (Å²) in [5.74, 6) is 1.43. The van der Waals surface area contributed by atoms with Crippen LogP contribution in [-0.4, -0.2) is 31.6 Å². The van der Waals surface area contributed by atoms with Gasteiger partial charge in [-0.2, -0.15) is 0 Å². The molecule has 1 rings (SSSR count). The van der Waals surface area contributed by atoms with Gasteiger partial charge in [-0.3, -0.25) is 4.99 Å². The van der Waals surface area contributed by atoms with Gasteiger partial charge >= 0.3 is 0 Å². The van der Waals surface area contributed by atoms with Crippen LogP contribution in [0.3, 0.4) is 0 Å². The fourth-order valence-electron chi connectivity index (χ4n) is 1.39. The Hall–Kier alpha value is -1.78. The number of hydrogen-bond donors (Lipinski definition) is 2. The van der Waals surface area contributed by atoms with Crippen LogP contribution < -0.4 is 15.4 Å². The van der Waals surface area contributed by atoms with E-state index in [0.29, 0.717) is 12.4 Å². The molecular formula is C12H20N4O. The number of nitrogens with zero attached hydrogens (tertiary/aromatic N) is 2. The Morgan fingerprint density at radius 3 is 2.94 bits per heavy atom. The van der Waals surface area contributed by atoms with Gasteiger partial charge in [0.15, 0.2) is 5.96 Å². The maximum Gasteiger partial charge on any atom is 0.218 e. The van der Waals surface area contributed by atoms with Crippen molar-refractivity contribution in [3.63, 3.8) is 0 Å². The smallest absolute Gasteiger partial charge is 0.218 e. The molecule has 17 heavy (non-hydrogen) atoms. The van der Waals surface area contributed by atoms with Gasteiger partial charge in [-0.1, -0.05) is 13.0 Å². The van der Waals surface area contributed by atoms with Gasteiger partial charge in [-0.15, -0.1) is 0 Å². The lowest BCUT2D eigenvalue weighted by Crippen LogP contribution is -2.37. The van der Waals surface area contributed by atoms with Crippen LogP contribution in [0.15, 0.2) is 23.3 Å². The summed E-state index contributed by atoms with van der Waals surface area (Å²) >= 11 is 0. The largest absolute Gasteiger partial charge is 0.481 e. The molecule has 0 aliphatic carbocycles. The quantitative estimate of drug-likeness (QED) is 0.595. The Bertz CT molecular complexity index is 365. The lowest BCUT2D eigenvalue weighted by molar-refractivity contribution is 0.392. The van der Waals surface area contributed by atoms with E-state index in [1.807, 2.05) is 12.1 Å². The molecule has 1 heterocycles. The van der Waals surface area contributed by atoms with Crippen LogP contribution in [-0.2, 0) is 6.54 Å². The third-order valence-electron chi connectivity index (χ3n) is 2.26. The Labute approximate surface area is 102 Å². The third kappa shape index (κ3) is 4.30. The Balaban J connectivity index is 2.54. The van der Waals surface area contributed by atoms with E-state index < -0.39 is 0 Å². The molecule has 1 aromatic heterocycles. The molecule has 0 aromatic carbocycles. The monoisotopic (exact) mass is 236 g/mol. The van der Waals surface area contributed by atoms with Gasteiger partial charge in [-0.05, 0) is 12.5 Å². The number of rotatable bonds is 5. The minimum Gasteiger partial charge on any atom is -0.481 e. The molecular weight excluding hydrogens is 216 g/mol. The van der Waals surface area contributed by atoms with Crippen molar-refractivity contribution in [3.8, 4) is 5.88 Å². The molecule has 0 spiro atoms. The number of pyridine rings is 1. The van der Waals surface area contributed by atoms with Crippen molar-refractivity contribution in [1.29, 1.82) is 0 Å². The second-order valence-electron chi connectivity index (χ2n) is 3.52. The van der Waals surface area contributed by atoms with Crippen LogP contribution in [0.25, 0.3) is 0 Å². The highest BCUT2D eigenvalue weighted by atomic mass is 16.5. The first kappa shape index (κ1) is 13.3. The van der Waals surface area contributed by atoms with E-state index in [4.69, 9.17) is 4.74 Å². The highest BCUT2D eigenvalue weighted by Crippen LogP contribution is 2.12. The molecule has 0 saturated heterocycles. The first-order chi connectivity index (χ1) is 8.31. The highest BCUT2D eigenvalue weighted by molar-refractivity contribution is 5.79. The molecule has 0 saturated carbocycles. The first-order valence-corrected chi connectivity index (χ1v) is 5.74. The first-order valence-electron chi connectivity index (χ1n) is 5.74. The van der Waals surface area contributed by atoms with Crippen molar-refractivity contribution in [2.45, 2.75) is 19.9 Å². The minimum atomic E-state index is 0.639. The second kappa shape index (κ2) is 7.49. The van der Waals surface area contributed by atoms with Gasteiger partial charge in [0.25, 0.3) is 0 Å². The molecule has 94 valence electrons. The van der Waals surface area contributed by atoms with Crippen molar-refractivity contribution in [3.05, 3.63) is 23.9 Å². The zero-order valence-electron chi connectivity index (χ0n) is 10.7. The molecule has 1 aromatic rings. The zero-order valence-corrected chi connectivity index (χ0v) is 10.7. The summed E-state index contributed by atoms with van der Waals surface area (Å²) in [6, 6.07) is 3.87. The van der Waals surface area contributed by atoms with Crippen molar-refractivity contribution in [2.75, 3.05) is 20.7 Å². The Morgan fingerprint density at radius 1 is 1.47 bits per heavy atom. The lowest BCUT2D eigenvalue weighted by atomic mass is 10.2. The molecule has 0 atom stereocenters. The van der Waals surface area contributed by atoms with Crippen molar-refractivity contribution < 1.29 is 4.74 Å². The number of methoxy groups -OCH3 is 1. The number of hydrogen-bond acceptors (Lipinski definition) is 3. The molecule has 0 radical (unpaired) electrons. The third-order valence-corrected chi connectivity index (χ3v) is 2.26. The summed E-state index contributed by atoms with van der Waals surface area (Å²) in [7, 11) is 3.38. The number of ether oxygens (including phenoxy) is 1. The van der Waals surface area contributed by atoms with Crippen molar-refractivity contribution >= 4 is 5.96 Å². The molecule has 0 fully saturated rings. The van der Waals surface area contributed by atoms with E-state index in [9.17, 15) is 0 Å². The summed E-state index contributed by atoms with van der Waals surface area (Å²) in [6.07, 6.45) is 2.78. The molecule has 0 amide bonds. The fourth-order valence-corrected chi connectivity index (χ4v) is 1.39. The molecule has 5 heteroatoms. The van der Waals surface area contributed by atoms with E-state index in [1.165, 1.54) is 0 Å². The molecule has 0 bridgehead atoms. The molecule has 5 nitrogen and oxygen atoms in total. The zero-order chi connectivity index (χ0) is 12.5. The molecule has 0 aliphatic rings. The van der Waals surface area contributed by atoms with Gasteiger partial charge in [0.05, 0.1) is 7.11 Å². The van der Waals surface area contributed by atoms with Gasteiger partial charge in [-0.25, -0.2) is 4.98 Å². The topological polar surface area (TPSA) is 58.5 Å². The summed E-state index contributed by atoms with van der Waals surface area (Å²) < 4.78 is 5.18. The van der Waals surface area contributed by atoms with E-state index >= 15 is 0 Å². The fraction of sp³-hybridized carbons (Fsp3) is 0.500. The van der Waals surface area contributed by atoms with E-state index in [-0.39, 0.29) is 0 Å². The SMILES string of the molecule is CCCNC(=NC)NCc1cccnc1OC. The minimum absolute atomic E-state index is 0.639. The summed E-state index contributed by atoms with van der Waals surface area (Å²) in [4.78, 5) is 8.27. The van der Waals surface area contributed by atoms with Gasteiger partial charge in [0.1, 0.15) is 0 Å². The number of aromatic nitrogens is 1. The average molecular weight is 236 g/mol. The van der Waals surface area contributed by atoms with Crippen molar-refractivity contribution in [2.24, 2.45) is 4.99 Å². The summed E-state index contributed by atoms with van der Waals surface area (Å²) in [6.45, 7) is 3.66. The average Bonchev–Trinajstić information content (AvgIpc) is 2.39. The molecule has 2 N–H and O–H groups in total. The highest BCUT2D eigenvalue weighted by Gasteiger charge is 2.03.